The van der Waals surface area contributed by atoms with E-state index in [1.807, 2.05) is 0 Å². The number of hydroxylamine groups is 1. The Morgan fingerprint density at radius 3 is 2.60 bits per heavy atom. The van der Waals surface area contributed by atoms with Crippen LogP contribution in [0.2, 0.25) is 0 Å². The molecule has 2 fully saturated rings. The van der Waals surface area contributed by atoms with Crippen LogP contribution in [0.25, 0.3) is 5.65 Å². The molecule has 9 heteroatoms. The molecule has 9 nitrogen and oxygen atoms in total. The molecular weight excluding hydrogens is 388 g/mol. The molecule has 2 aliphatic heterocycles. The molecule has 2 aliphatic rings. The molecule has 1 N–H and O–H groups in total. The highest BCUT2D eigenvalue weighted by Gasteiger charge is 2.58. The minimum atomic E-state index is -1.03. The molecule has 4 heterocycles. The maximum atomic E-state index is 13.3. The summed E-state index contributed by atoms with van der Waals surface area (Å²) in [7, 11) is 0. The van der Waals surface area contributed by atoms with Crippen LogP contribution < -0.4 is 20.7 Å². The summed E-state index contributed by atoms with van der Waals surface area (Å²) < 4.78 is 7.01. The third-order valence-electron chi connectivity index (χ3n) is 5.32. The number of carbonyl (C=O) groups excluding carboxylic acids is 2. The van der Waals surface area contributed by atoms with Gasteiger partial charge in [-0.05, 0) is 31.2 Å². The number of hydrogen-bond acceptors (Lipinski definition) is 7. The van der Waals surface area contributed by atoms with Gasteiger partial charge >= 0.3 is 0 Å². The second kappa shape index (κ2) is 7.05. The van der Waals surface area contributed by atoms with E-state index in [4.69, 9.17) is 9.57 Å². The number of aromatic nitrogens is 2. The highest BCUT2D eigenvalue weighted by molar-refractivity contribution is 6.23. The molecule has 0 saturated carbocycles. The van der Waals surface area contributed by atoms with Crippen molar-refractivity contribution in [1.29, 1.82) is 0 Å². The number of hydrogen-bond donors (Lipinski definition) is 1. The van der Waals surface area contributed by atoms with Gasteiger partial charge in [0.1, 0.15) is 11.2 Å². The van der Waals surface area contributed by atoms with Crippen LogP contribution in [0.5, 0.6) is 5.88 Å². The van der Waals surface area contributed by atoms with Crippen molar-refractivity contribution in [2.75, 3.05) is 11.5 Å². The summed E-state index contributed by atoms with van der Waals surface area (Å²) in [5, 5.41) is 0. The summed E-state index contributed by atoms with van der Waals surface area (Å²) in [4.78, 5) is 50.4. The third kappa shape index (κ3) is 2.63. The van der Waals surface area contributed by atoms with Crippen LogP contribution in [0, 0.1) is 5.92 Å². The first-order chi connectivity index (χ1) is 14.6. The largest absolute Gasteiger partial charge is 0.478 e. The van der Waals surface area contributed by atoms with Crippen LogP contribution in [-0.2, 0) is 14.4 Å². The van der Waals surface area contributed by atoms with Crippen molar-refractivity contribution >= 4 is 23.1 Å². The lowest BCUT2D eigenvalue weighted by molar-refractivity contribution is -0.128. The normalized spacial score (nSPS) is 23.2. The van der Waals surface area contributed by atoms with E-state index in [-0.39, 0.29) is 23.6 Å². The lowest BCUT2D eigenvalue weighted by Gasteiger charge is -2.20. The molecule has 0 spiro atoms. The number of rotatable bonds is 4. The number of pyridine rings is 1. The predicted octanol–water partition coefficient (Wildman–Crippen LogP) is 1.23. The van der Waals surface area contributed by atoms with E-state index >= 15 is 0 Å². The molecule has 2 saturated heterocycles. The fourth-order valence-corrected chi connectivity index (χ4v) is 3.99. The lowest BCUT2D eigenvalue weighted by Crippen LogP contribution is -2.37. The summed E-state index contributed by atoms with van der Waals surface area (Å²) in [6, 6.07) is 12.9. The molecule has 1 aromatic carbocycles. The highest BCUT2D eigenvalue weighted by Crippen LogP contribution is 2.41. The molecule has 5 rings (SSSR count). The number of nitrogens with zero attached hydrogens (tertiary/aromatic N) is 3. The molecule has 30 heavy (non-hydrogen) atoms. The molecule has 3 atom stereocenters. The quantitative estimate of drug-likeness (QED) is 0.650. The second-order valence-electron chi connectivity index (χ2n) is 7.00. The van der Waals surface area contributed by atoms with Gasteiger partial charge in [-0.2, -0.15) is 10.5 Å². The Kier molecular flexibility index (Phi) is 4.34. The Morgan fingerprint density at radius 2 is 1.83 bits per heavy atom. The van der Waals surface area contributed by atoms with Crippen LogP contribution >= 0.6 is 0 Å². The van der Waals surface area contributed by atoms with Crippen LogP contribution in [-0.4, -0.2) is 33.9 Å². The number of anilines is 1. The molecule has 3 aromatic rings. The Bertz CT molecular complexity index is 1210. The second-order valence-corrected chi connectivity index (χ2v) is 7.00. The first-order valence-corrected chi connectivity index (χ1v) is 9.60. The van der Waals surface area contributed by atoms with Crippen molar-refractivity contribution < 1.29 is 19.2 Å². The molecule has 152 valence electrons. The van der Waals surface area contributed by atoms with E-state index in [0.29, 0.717) is 11.3 Å². The Hall–Kier alpha value is -3.56. The van der Waals surface area contributed by atoms with Crippen molar-refractivity contribution in [3.63, 3.8) is 0 Å². The first kappa shape index (κ1) is 18.5. The summed E-state index contributed by atoms with van der Waals surface area (Å²) in [5.41, 5.74) is 3.36. The van der Waals surface area contributed by atoms with Gasteiger partial charge in [0.25, 0.3) is 11.5 Å². The average Bonchev–Trinajstić information content (AvgIpc) is 3.29. The van der Waals surface area contributed by atoms with Crippen LogP contribution in [0.15, 0.2) is 59.5 Å². The average molecular weight is 406 g/mol. The predicted molar refractivity (Wildman–Crippen MR) is 106 cm³/mol. The minimum Gasteiger partial charge on any atom is -0.478 e. The number of amides is 2. The van der Waals surface area contributed by atoms with E-state index in [1.54, 1.807) is 61.7 Å². The van der Waals surface area contributed by atoms with Gasteiger partial charge in [0.15, 0.2) is 6.10 Å². The number of carbonyl (C=O) groups is 2. The summed E-state index contributed by atoms with van der Waals surface area (Å²) in [6.45, 7) is 2.06. The fraction of sp³-hybridized carbons (Fsp3) is 0.238. The SMILES string of the molecule is CCOc1nc2ccccn2c(=O)c1[C@H]1NO[C@H]2C(=O)N(c3ccccc3)C(=O)[C@@H]12. The van der Waals surface area contributed by atoms with Gasteiger partial charge in [0, 0.05) is 6.20 Å². The van der Waals surface area contributed by atoms with E-state index in [1.165, 1.54) is 4.40 Å². The van der Waals surface area contributed by atoms with Gasteiger partial charge in [0.05, 0.1) is 24.3 Å². The van der Waals surface area contributed by atoms with Crippen molar-refractivity contribution in [2.45, 2.75) is 19.1 Å². The van der Waals surface area contributed by atoms with E-state index < -0.39 is 29.9 Å². The summed E-state index contributed by atoms with van der Waals surface area (Å²) in [5.74, 6) is -1.70. The maximum absolute atomic E-state index is 13.3. The molecule has 2 aromatic heterocycles. The Balaban J connectivity index is 1.62. The van der Waals surface area contributed by atoms with Crippen molar-refractivity contribution in [3.8, 4) is 5.88 Å². The minimum absolute atomic E-state index is 0.119. The van der Waals surface area contributed by atoms with Crippen molar-refractivity contribution in [2.24, 2.45) is 5.92 Å². The molecule has 2 amide bonds. The Labute approximate surface area is 170 Å². The molecular formula is C21H18N4O5. The zero-order valence-electron chi connectivity index (χ0n) is 16.0. The van der Waals surface area contributed by atoms with Crippen molar-refractivity contribution in [1.82, 2.24) is 14.9 Å². The first-order valence-electron chi connectivity index (χ1n) is 9.60. The van der Waals surface area contributed by atoms with Gasteiger partial charge in [-0.15, -0.1) is 0 Å². The lowest BCUT2D eigenvalue weighted by atomic mass is 9.92. The fourth-order valence-electron chi connectivity index (χ4n) is 3.99. The number of fused-ring (bicyclic) bond motifs is 2. The monoisotopic (exact) mass is 406 g/mol. The summed E-state index contributed by atoms with van der Waals surface area (Å²) in [6.07, 6.45) is 0.558. The number of para-hydroxylation sites is 1. The van der Waals surface area contributed by atoms with Gasteiger partial charge < -0.3 is 4.74 Å². The number of ether oxygens (including phenoxy) is 1. The van der Waals surface area contributed by atoms with E-state index in [9.17, 15) is 14.4 Å². The molecule has 0 bridgehead atoms. The molecule has 0 aliphatic carbocycles. The van der Waals surface area contributed by atoms with Crippen molar-refractivity contribution in [3.05, 3.63) is 70.6 Å². The maximum Gasteiger partial charge on any atom is 0.266 e. The third-order valence-corrected chi connectivity index (χ3v) is 5.32. The van der Waals surface area contributed by atoms with Crippen LogP contribution in [0.1, 0.15) is 18.5 Å². The van der Waals surface area contributed by atoms with Gasteiger partial charge in [0.2, 0.25) is 11.8 Å². The zero-order valence-corrected chi connectivity index (χ0v) is 16.0. The molecule has 0 radical (unpaired) electrons. The number of imide groups is 1. The van der Waals surface area contributed by atoms with Gasteiger partial charge in [-0.25, -0.2) is 4.90 Å². The highest BCUT2D eigenvalue weighted by atomic mass is 16.7. The van der Waals surface area contributed by atoms with Gasteiger partial charge in [-0.1, -0.05) is 24.3 Å². The van der Waals surface area contributed by atoms with E-state index in [0.717, 1.165) is 4.90 Å². The van der Waals surface area contributed by atoms with E-state index in [2.05, 4.69) is 10.5 Å². The number of benzene rings is 1. The van der Waals surface area contributed by atoms with Gasteiger partial charge in [-0.3, -0.25) is 23.6 Å². The zero-order chi connectivity index (χ0) is 20.8. The standard InChI is InChI=1S/C21H18N4O5/c1-2-29-18-15(19(26)24-11-7-6-10-13(24)22-18)16-14-17(30-23-16)21(28)25(20(14)27)12-8-4-3-5-9-12/h3-11,14,16-17,23H,2H2,1H3/t14-,16-,17+/m0/s1. The topological polar surface area (TPSA) is 102 Å². The van der Waals surface area contributed by atoms with Crippen LogP contribution in [0.3, 0.4) is 0 Å². The number of nitrogens with one attached hydrogen (secondary N) is 1. The summed E-state index contributed by atoms with van der Waals surface area (Å²) >= 11 is 0. The Morgan fingerprint density at radius 1 is 1.07 bits per heavy atom. The smallest absolute Gasteiger partial charge is 0.266 e. The molecule has 0 unspecified atom stereocenters. The van der Waals surface area contributed by atoms with Crippen LogP contribution in [0.4, 0.5) is 5.69 Å².